The molecule has 2 rings (SSSR count). The topological polar surface area (TPSA) is 64.7 Å². The number of hydrogen-bond donors (Lipinski definition) is 2. The van der Waals surface area contributed by atoms with Gasteiger partial charge in [0.15, 0.2) is 11.5 Å². The van der Waals surface area contributed by atoms with Crippen LogP contribution in [0.3, 0.4) is 0 Å². The van der Waals surface area contributed by atoms with Crippen molar-refractivity contribution < 1.29 is 14.6 Å². The molecule has 0 unspecified atom stereocenters. The van der Waals surface area contributed by atoms with E-state index in [0.717, 1.165) is 5.56 Å². The number of fused-ring (bicyclic) bond motifs is 1. The highest BCUT2D eigenvalue weighted by atomic mass is 16.5. The van der Waals surface area contributed by atoms with Crippen LogP contribution in [0.5, 0.6) is 17.2 Å². The molecule has 4 nitrogen and oxygen atoms in total. The van der Waals surface area contributed by atoms with Crippen LogP contribution in [-0.2, 0) is 0 Å². The molecule has 14 heavy (non-hydrogen) atoms. The summed E-state index contributed by atoms with van der Waals surface area (Å²) in [6.45, 7) is 2.79. The number of phenolic OH excluding ortho intramolecular Hbond substituents is 1. The molecule has 1 atom stereocenters. The molecule has 0 saturated carbocycles. The quantitative estimate of drug-likeness (QED) is 0.743. The molecule has 0 amide bonds. The van der Waals surface area contributed by atoms with E-state index in [1.165, 1.54) is 0 Å². The maximum atomic E-state index is 9.55. The predicted octanol–water partition coefficient (Wildman–Crippen LogP) is 1.18. The van der Waals surface area contributed by atoms with E-state index >= 15 is 0 Å². The third-order valence-electron chi connectivity index (χ3n) is 2.22. The van der Waals surface area contributed by atoms with Crippen LogP contribution in [0.2, 0.25) is 0 Å². The molecule has 1 aliphatic heterocycles. The molecule has 1 heterocycles. The molecule has 1 aliphatic rings. The van der Waals surface area contributed by atoms with Crippen molar-refractivity contribution in [2.45, 2.75) is 13.0 Å². The van der Waals surface area contributed by atoms with Gasteiger partial charge >= 0.3 is 0 Å². The van der Waals surface area contributed by atoms with Crippen LogP contribution in [0.4, 0.5) is 0 Å². The lowest BCUT2D eigenvalue weighted by atomic mass is 10.1. The number of ether oxygens (including phenoxy) is 2. The van der Waals surface area contributed by atoms with Crippen LogP contribution in [0.1, 0.15) is 18.5 Å². The maximum absolute atomic E-state index is 9.55. The lowest BCUT2D eigenvalue weighted by Crippen LogP contribution is -2.10. The van der Waals surface area contributed by atoms with E-state index in [1.807, 2.05) is 6.92 Å². The van der Waals surface area contributed by atoms with Crippen molar-refractivity contribution in [2.24, 2.45) is 5.73 Å². The Morgan fingerprint density at radius 2 is 2.43 bits per heavy atom. The largest absolute Gasteiger partial charge is 0.504 e. The van der Waals surface area contributed by atoms with Gasteiger partial charge in [0.05, 0.1) is 12.6 Å². The Balaban J connectivity index is 2.48. The Hall–Kier alpha value is -1.42. The molecule has 3 N–H and O–H groups in total. The maximum Gasteiger partial charge on any atom is 0.203 e. The van der Waals surface area contributed by atoms with Gasteiger partial charge in [0.2, 0.25) is 5.75 Å². The molecule has 1 aromatic carbocycles. The number of nitrogens with two attached hydrogens (primary N) is 1. The molecule has 0 aromatic heterocycles. The van der Waals surface area contributed by atoms with Gasteiger partial charge in [-0.1, -0.05) is 0 Å². The van der Waals surface area contributed by atoms with Gasteiger partial charge in [-0.05, 0) is 19.1 Å². The molecular formula is C10H13NO3. The highest BCUT2D eigenvalue weighted by molar-refractivity contribution is 5.57. The second-order valence-electron chi connectivity index (χ2n) is 3.18. The second-order valence-corrected chi connectivity index (χ2v) is 3.18. The smallest absolute Gasteiger partial charge is 0.203 e. The summed E-state index contributed by atoms with van der Waals surface area (Å²) in [5.74, 6) is 1.08. The average Bonchev–Trinajstić information content (AvgIpc) is 2.53. The van der Waals surface area contributed by atoms with Gasteiger partial charge < -0.3 is 20.3 Å². The summed E-state index contributed by atoms with van der Waals surface area (Å²) < 4.78 is 10.7. The van der Waals surface area contributed by atoms with Crippen molar-refractivity contribution in [3.8, 4) is 17.2 Å². The Labute approximate surface area is 82.2 Å². The van der Waals surface area contributed by atoms with Gasteiger partial charge in [-0.25, -0.2) is 0 Å². The van der Waals surface area contributed by atoms with Crippen LogP contribution >= 0.6 is 0 Å². The standard InChI is InChI=1S/C10H13NO3/c1-2-13-10-8(12)4-3-6-7(11)5-14-9(6)10/h3-4,7,12H,2,5,11H2,1H3/t7-/m0/s1. The van der Waals surface area contributed by atoms with Crippen LogP contribution in [0, 0.1) is 0 Å². The van der Waals surface area contributed by atoms with Gasteiger partial charge in [-0.2, -0.15) is 0 Å². The Morgan fingerprint density at radius 1 is 1.64 bits per heavy atom. The van der Waals surface area contributed by atoms with Crippen molar-refractivity contribution in [1.29, 1.82) is 0 Å². The van der Waals surface area contributed by atoms with Gasteiger partial charge in [-0.3, -0.25) is 0 Å². The molecule has 0 bridgehead atoms. The molecular weight excluding hydrogens is 182 g/mol. The first-order valence-electron chi connectivity index (χ1n) is 4.61. The fourth-order valence-electron chi connectivity index (χ4n) is 1.56. The van der Waals surface area contributed by atoms with E-state index in [4.69, 9.17) is 15.2 Å². The predicted molar refractivity (Wildman–Crippen MR) is 51.7 cm³/mol. The number of rotatable bonds is 2. The Bertz CT molecular complexity index is 351. The first-order valence-corrected chi connectivity index (χ1v) is 4.61. The van der Waals surface area contributed by atoms with Crippen LogP contribution < -0.4 is 15.2 Å². The third-order valence-corrected chi connectivity index (χ3v) is 2.22. The van der Waals surface area contributed by atoms with Crippen molar-refractivity contribution in [2.75, 3.05) is 13.2 Å². The summed E-state index contributed by atoms with van der Waals surface area (Å²) in [6.07, 6.45) is 0. The number of phenols is 1. The van der Waals surface area contributed by atoms with E-state index in [1.54, 1.807) is 12.1 Å². The zero-order chi connectivity index (χ0) is 10.1. The zero-order valence-electron chi connectivity index (χ0n) is 7.99. The van der Waals surface area contributed by atoms with Gasteiger partial charge in [-0.15, -0.1) is 0 Å². The first kappa shape index (κ1) is 9.15. The summed E-state index contributed by atoms with van der Waals surface area (Å²) in [4.78, 5) is 0. The van der Waals surface area contributed by atoms with Crippen LogP contribution in [0.25, 0.3) is 0 Å². The SMILES string of the molecule is CCOc1c(O)ccc2c1OC[C@@H]2N. The van der Waals surface area contributed by atoms with Crippen molar-refractivity contribution in [3.05, 3.63) is 17.7 Å². The third kappa shape index (κ3) is 1.28. The minimum absolute atomic E-state index is 0.0969. The van der Waals surface area contributed by atoms with Gasteiger partial charge in [0.1, 0.15) is 6.61 Å². The fraction of sp³-hybridized carbons (Fsp3) is 0.400. The van der Waals surface area contributed by atoms with Crippen molar-refractivity contribution in [1.82, 2.24) is 0 Å². The normalized spacial score (nSPS) is 18.9. The summed E-state index contributed by atoms with van der Waals surface area (Å²) in [7, 11) is 0. The van der Waals surface area contributed by atoms with Gasteiger partial charge in [0, 0.05) is 5.56 Å². The van der Waals surface area contributed by atoms with E-state index < -0.39 is 0 Å². The number of hydrogen-bond acceptors (Lipinski definition) is 4. The molecule has 0 spiro atoms. The van der Waals surface area contributed by atoms with E-state index in [2.05, 4.69) is 0 Å². The average molecular weight is 195 g/mol. The van der Waals surface area contributed by atoms with Crippen molar-refractivity contribution >= 4 is 0 Å². The highest BCUT2D eigenvalue weighted by Gasteiger charge is 2.26. The molecule has 1 aromatic rings. The van der Waals surface area contributed by atoms with Crippen LogP contribution in [-0.4, -0.2) is 18.3 Å². The minimum Gasteiger partial charge on any atom is -0.504 e. The number of aromatic hydroxyl groups is 1. The summed E-state index contributed by atoms with van der Waals surface area (Å²) in [5, 5.41) is 9.55. The van der Waals surface area contributed by atoms with Crippen molar-refractivity contribution in [3.63, 3.8) is 0 Å². The molecule has 76 valence electrons. The monoisotopic (exact) mass is 195 g/mol. The lowest BCUT2D eigenvalue weighted by Gasteiger charge is -2.10. The summed E-state index contributed by atoms with van der Waals surface area (Å²) in [5.41, 5.74) is 6.69. The van der Waals surface area contributed by atoms with E-state index in [0.29, 0.717) is 24.7 Å². The number of benzene rings is 1. The fourth-order valence-corrected chi connectivity index (χ4v) is 1.56. The van der Waals surface area contributed by atoms with E-state index in [9.17, 15) is 5.11 Å². The first-order chi connectivity index (χ1) is 6.74. The van der Waals surface area contributed by atoms with E-state index in [-0.39, 0.29) is 11.8 Å². The molecule has 0 radical (unpaired) electrons. The molecule has 4 heteroatoms. The highest BCUT2D eigenvalue weighted by Crippen LogP contribution is 2.44. The Kier molecular flexibility index (Phi) is 2.21. The zero-order valence-corrected chi connectivity index (χ0v) is 7.99. The molecule has 0 aliphatic carbocycles. The van der Waals surface area contributed by atoms with Crippen LogP contribution in [0.15, 0.2) is 12.1 Å². The summed E-state index contributed by atoms with van der Waals surface area (Å²) >= 11 is 0. The lowest BCUT2D eigenvalue weighted by molar-refractivity contribution is 0.279. The van der Waals surface area contributed by atoms with Gasteiger partial charge in [0.25, 0.3) is 0 Å². The Morgan fingerprint density at radius 3 is 3.14 bits per heavy atom. The second kappa shape index (κ2) is 3.38. The minimum atomic E-state index is -0.121. The molecule has 0 saturated heterocycles. The summed E-state index contributed by atoms with van der Waals surface area (Å²) in [6, 6.07) is 3.23. The molecule has 0 fully saturated rings.